The number of aryl methyl sites for hydroxylation is 1. The number of methoxy groups -OCH3 is 1. The number of carbonyl (C=O) groups is 1. The number of aromatic nitrogens is 2. The molecule has 6 nitrogen and oxygen atoms in total. The molecule has 0 saturated heterocycles. The summed E-state index contributed by atoms with van der Waals surface area (Å²) in [4.78, 5) is 20.4. The first-order valence-corrected chi connectivity index (χ1v) is 7.12. The molecule has 0 fully saturated rings. The molecule has 1 amide bonds. The predicted octanol–water partition coefficient (Wildman–Crippen LogP) is 2.49. The molecule has 6 heteroatoms. The molecule has 0 unspecified atom stereocenters. The van der Waals surface area contributed by atoms with Crippen molar-refractivity contribution in [1.82, 2.24) is 9.97 Å². The van der Waals surface area contributed by atoms with E-state index in [0.717, 1.165) is 24.2 Å². The van der Waals surface area contributed by atoms with E-state index >= 15 is 0 Å². The standard InChI is InChI=1S/C16H20N4O2/c1-12-6-3-4-7-13(12)20-16(21)14-10-19-15(11-18-14)17-8-5-9-22-2/h3-4,6-7,10-11H,5,8-9H2,1-2H3,(H,17,19)(H,20,21). The van der Waals surface area contributed by atoms with Gasteiger partial charge in [-0.3, -0.25) is 4.79 Å². The van der Waals surface area contributed by atoms with Crippen molar-refractivity contribution in [3.05, 3.63) is 47.9 Å². The molecule has 0 bridgehead atoms. The molecule has 0 spiro atoms. The molecular weight excluding hydrogens is 280 g/mol. The van der Waals surface area contributed by atoms with Crippen LogP contribution in [0.1, 0.15) is 22.5 Å². The van der Waals surface area contributed by atoms with Crippen LogP contribution in [0.4, 0.5) is 11.5 Å². The monoisotopic (exact) mass is 300 g/mol. The Morgan fingerprint density at radius 3 is 2.73 bits per heavy atom. The van der Waals surface area contributed by atoms with Crippen LogP contribution < -0.4 is 10.6 Å². The highest BCUT2D eigenvalue weighted by atomic mass is 16.5. The van der Waals surface area contributed by atoms with Gasteiger partial charge in [0.1, 0.15) is 11.5 Å². The predicted molar refractivity (Wildman–Crippen MR) is 86.1 cm³/mol. The van der Waals surface area contributed by atoms with Crippen LogP contribution in [0.5, 0.6) is 0 Å². The van der Waals surface area contributed by atoms with Crippen molar-refractivity contribution in [1.29, 1.82) is 0 Å². The molecule has 0 aliphatic rings. The first kappa shape index (κ1) is 15.9. The molecule has 0 aliphatic carbocycles. The number of benzene rings is 1. The highest BCUT2D eigenvalue weighted by Crippen LogP contribution is 2.14. The maximum Gasteiger partial charge on any atom is 0.275 e. The van der Waals surface area contributed by atoms with Gasteiger partial charge in [0.15, 0.2) is 0 Å². The summed E-state index contributed by atoms with van der Waals surface area (Å²) in [5.41, 5.74) is 2.06. The van der Waals surface area contributed by atoms with Gasteiger partial charge in [0.05, 0.1) is 12.4 Å². The minimum Gasteiger partial charge on any atom is -0.385 e. The number of hydrogen-bond donors (Lipinski definition) is 2. The van der Waals surface area contributed by atoms with Crippen LogP contribution in [0.3, 0.4) is 0 Å². The Morgan fingerprint density at radius 2 is 2.05 bits per heavy atom. The number of nitrogens with one attached hydrogen (secondary N) is 2. The summed E-state index contributed by atoms with van der Waals surface area (Å²) >= 11 is 0. The summed E-state index contributed by atoms with van der Waals surface area (Å²) in [6.45, 7) is 3.38. The molecule has 0 radical (unpaired) electrons. The van der Waals surface area contributed by atoms with E-state index < -0.39 is 0 Å². The van der Waals surface area contributed by atoms with E-state index in [4.69, 9.17) is 4.74 Å². The lowest BCUT2D eigenvalue weighted by atomic mass is 10.2. The van der Waals surface area contributed by atoms with Crippen LogP contribution in [-0.4, -0.2) is 36.1 Å². The Labute approximate surface area is 129 Å². The molecule has 1 aromatic heterocycles. The summed E-state index contributed by atoms with van der Waals surface area (Å²) in [5, 5.41) is 5.95. The number of carbonyl (C=O) groups excluding carboxylic acids is 1. The second-order valence-corrected chi connectivity index (χ2v) is 4.83. The van der Waals surface area contributed by atoms with E-state index in [9.17, 15) is 4.79 Å². The zero-order valence-corrected chi connectivity index (χ0v) is 12.8. The minimum absolute atomic E-state index is 0.271. The van der Waals surface area contributed by atoms with Crippen molar-refractivity contribution in [3.8, 4) is 0 Å². The number of rotatable bonds is 7. The lowest BCUT2D eigenvalue weighted by Crippen LogP contribution is -2.15. The largest absolute Gasteiger partial charge is 0.385 e. The van der Waals surface area contributed by atoms with E-state index in [0.29, 0.717) is 12.4 Å². The van der Waals surface area contributed by atoms with Gasteiger partial charge in [-0.05, 0) is 25.0 Å². The third-order valence-corrected chi connectivity index (χ3v) is 3.11. The van der Waals surface area contributed by atoms with Crippen LogP contribution in [0, 0.1) is 6.92 Å². The van der Waals surface area contributed by atoms with Gasteiger partial charge in [-0.2, -0.15) is 0 Å². The molecular formula is C16H20N4O2. The number of amides is 1. The molecule has 116 valence electrons. The number of hydrogen-bond acceptors (Lipinski definition) is 5. The average molecular weight is 300 g/mol. The molecule has 2 N–H and O–H groups in total. The van der Waals surface area contributed by atoms with Crippen molar-refractivity contribution in [2.45, 2.75) is 13.3 Å². The summed E-state index contributed by atoms with van der Waals surface area (Å²) in [6.07, 6.45) is 3.90. The molecule has 0 saturated carbocycles. The summed E-state index contributed by atoms with van der Waals surface area (Å²) in [5.74, 6) is 0.372. The zero-order chi connectivity index (χ0) is 15.8. The average Bonchev–Trinajstić information content (AvgIpc) is 2.54. The fourth-order valence-corrected chi connectivity index (χ4v) is 1.87. The van der Waals surface area contributed by atoms with E-state index in [1.165, 1.54) is 6.20 Å². The topological polar surface area (TPSA) is 76.1 Å². The number of nitrogens with zero attached hydrogens (tertiary/aromatic N) is 2. The number of para-hydroxylation sites is 1. The maximum atomic E-state index is 12.1. The molecule has 2 aromatic rings. The lowest BCUT2D eigenvalue weighted by Gasteiger charge is -2.08. The fraction of sp³-hybridized carbons (Fsp3) is 0.312. The van der Waals surface area contributed by atoms with Gasteiger partial charge in [0.2, 0.25) is 0 Å². The van der Waals surface area contributed by atoms with Gasteiger partial charge < -0.3 is 15.4 Å². The Hall–Kier alpha value is -2.47. The Bertz CT molecular complexity index is 614. The third kappa shape index (κ3) is 4.53. The van der Waals surface area contributed by atoms with Gasteiger partial charge in [-0.1, -0.05) is 18.2 Å². The third-order valence-electron chi connectivity index (χ3n) is 3.11. The summed E-state index contributed by atoms with van der Waals surface area (Å²) in [6, 6.07) is 7.59. The van der Waals surface area contributed by atoms with Crippen molar-refractivity contribution in [2.75, 3.05) is 30.9 Å². The zero-order valence-electron chi connectivity index (χ0n) is 12.8. The molecule has 1 heterocycles. The van der Waals surface area contributed by atoms with Crippen LogP contribution in [-0.2, 0) is 4.74 Å². The van der Waals surface area contributed by atoms with E-state index in [-0.39, 0.29) is 11.6 Å². The van der Waals surface area contributed by atoms with Crippen molar-refractivity contribution < 1.29 is 9.53 Å². The first-order valence-electron chi connectivity index (χ1n) is 7.12. The Balaban J connectivity index is 1.92. The quantitative estimate of drug-likeness (QED) is 0.768. The Morgan fingerprint density at radius 1 is 1.23 bits per heavy atom. The van der Waals surface area contributed by atoms with Gasteiger partial charge >= 0.3 is 0 Å². The first-order chi connectivity index (χ1) is 10.7. The fourth-order valence-electron chi connectivity index (χ4n) is 1.87. The lowest BCUT2D eigenvalue weighted by molar-refractivity contribution is 0.102. The smallest absolute Gasteiger partial charge is 0.275 e. The van der Waals surface area contributed by atoms with Gasteiger partial charge in [-0.25, -0.2) is 9.97 Å². The van der Waals surface area contributed by atoms with Gasteiger partial charge in [0.25, 0.3) is 5.91 Å². The molecule has 1 aromatic carbocycles. The molecule has 0 atom stereocenters. The maximum absolute atomic E-state index is 12.1. The van der Waals surface area contributed by atoms with Crippen LogP contribution >= 0.6 is 0 Å². The normalized spacial score (nSPS) is 10.3. The van der Waals surface area contributed by atoms with Crippen LogP contribution in [0.15, 0.2) is 36.7 Å². The van der Waals surface area contributed by atoms with Gasteiger partial charge in [0, 0.05) is 25.9 Å². The van der Waals surface area contributed by atoms with Crippen molar-refractivity contribution >= 4 is 17.4 Å². The van der Waals surface area contributed by atoms with Gasteiger partial charge in [-0.15, -0.1) is 0 Å². The summed E-state index contributed by atoms with van der Waals surface area (Å²) in [7, 11) is 1.67. The van der Waals surface area contributed by atoms with Crippen LogP contribution in [0.2, 0.25) is 0 Å². The molecule has 0 aliphatic heterocycles. The number of anilines is 2. The number of ether oxygens (including phenoxy) is 1. The van der Waals surface area contributed by atoms with Crippen molar-refractivity contribution in [2.24, 2.45) is 0 Å². The van der Waals surface area contributed by atoms with E-state index in [2.05, 4.69) is 20.6 Å². The van der Waals surface area contributed by atoms with E-state index in [1.807, 2.05) is 31.2 Å². The van der Waals surface area contributed by atoms with Crippen LogP contribution in [0.25, 0.3) is 0 Å². The SMILES string of the molecule is COCCCNc1cnc(C(=O)Nc2ccccc2C)cn1. The van der Waals surface area contributed by atoms with E-state index in [1.54, 1.807) is 13.3 Å². The molecule has 2 rings (SSSR count). The highest BCUT2D eigenvalue weighted by Gasteiger charge is 2.09. The minimum atomic E-state index is -0.271. The molecule has 22 heavy (non-hydrogen) atoms. The second-order valence-electron chi connectivity index (χ2n) is 4.83. The van der Waals surface area contributed by atoms with Crippen molar-refractivity contribution in [3.63, 3.8) is 0 Å². The Kier molecular flexibility index (Phi) is 5.85. The summed E-state index contributed by atoms with van der Waals surface area (Å²) < 4.78 is 4.97. The second kappa shape index (κ2) is 8.09. The highest BCUT2D eigenvalue weighted by molar-refractivity contribution is 6.03.